The highest BCUT2D eigenvalue weighted by atomic mass is 16.4. The van der Waals surface area contributed by atoms with Crippen LogP contribution in [0, 0.1) is 0 Å². The van der Waals surface area contributed by atoms with Crippen LogP contribution in [-0.4, -0.2) is 5.11 Å². The molecule has 1 N–H and O–H groups in total. The Bertz CT molecular complexity index is 1070. The van der Waals surface area contributed by atoms with Crippen LogP contribution >= 0.6 is 0 Å². The van der Waals surface area contributed by atoms with Gasteiger partial charge in [-0.05, 0) is 32.9 Å². The Kier molecular flexibility index (Phi) is 4.36. The fourth-order valence-corrected chi connectivity index (χ4v) is 2.98. The maximum Gasteiger partial charge on any atom is 0.336 e. The van der Waals surface area contributed by atoms with Crippen LogP contribution in [0.3, 0.4) is 0 Å². The van der Waals surface area contributed by atoms with Crippen molar-refractivity contribution in [3.8, 4) is 5.75 Å². The zero-order chi connectivity index (χ0) is 18.1. The predicted octanol–water partition coefficient (Wildman–Crippen LogP) is 5.43. The molecule has 0 spiro atoms. The molecule has 1 aromatic carbocycles. The molecule has 0 unspecified atom stereocenters. The van der Waals surface area contributed by atoms with E-state index in [1.54, 1.807) is 18.2 Å². The molecule has 0 fully saturated rings. The van der Waals surface area contributed by atoms with Crippen molar-refractivity contribution in [3.63, 3.8) is 0 Å². The first-order valence-corrected chi connectivity index (χ1v) is 8.04. The molecular weight excluding hydrogens is 316 g/mol. The van der Waals surface area contributed by atoms with Crippen LogP contribution in [0.4, 0.5) is 0 Å². The number of phenols is 1. The Morgan fingerprint density at radius 1 is 1.12 bits per heavy atom. The third kappa shape index (κ3) is 3.03. The number of allylic oxidation sites excluding steroid dienone is 5. The van der Waals surface area contributed by atoms with Crippen molar-refractivity contribution in [1.82, 2.24) is 0 Å². The topological polar surface area (TPSA) is 63.6 Å². The third-order valence-corrected chi connectivity index (χ3v) is 4.11. The van der Waals surface area contributed by atoms with Crippen LogP contribution in [0.2, 0.25) is 0 Å². The molecule has 128 valence electrons. The first-order valence-electron chi connectivity index (χ1n) is 8.04. The summed E-state index contributed by atoms with van der Waals surface area (Å²) in [5.41, 5.74) is 3.18. The molecule has 0 saturated carbocycles. The molecule has 25 heavy (non-hydrogen) atoms. The molecule has 0 radical (unpaired) electrons. The summed E-state index contributed by atoms with van der Waals surface area (Å²) in [6.45, 7) is 9.76. The number of benzene rings is 1. The first kappa shape index (κ1) is 16.8. The van der Waals surface area contributed by atoms with Gasteiger partial charge in [0, 0.05) is 17.5 Å². The lowest BCUT2D eigenvalue weighted by Crippen LogP contribution is -2.01. The van der Waals surface area contributed by atoms with Crippen molar-refractivity contribution in [2.45, 2.75) is 26.7 Å². The van der Waals surface area contributed by atoms with Crippen molar-refractivity contribution in [1.29, 1.82) is 0 Å². The summed E-state index contributed by atoms with van der Waals surface area (Å²) in [7, 11) is 0. The third-order valence-electron chi connectivity index (χ3n) is 4.11. The van der Waals surface area contributed by atoms with Gasteiger partial charge in [-0.1, -0.05) is 36.0 Å². The number of phenolic OH excluding ortho intramolecular Hbond substituents is 1. The lowest BCUT2D eigenvalue weighted by molar-refractivity contribution is 0.484. The Morgan fingerprint density at radius 3 is 2.52 bits per heavy atom. The fraction of sp³-hybridized carbons (Fsp3) is 0.190. The Labute approximate surface area is 145 Å². The van der Waals surface area contributed by atoms with E-state index in [0.29, 0.717) is 27.5 Å². The van der Waals surface area contributed by atoms with Gasteiger partial charge in [0.15, 0.2) is 0 Å². The van der Waals surface area contributed by atoms with Gasteiger partial charge >= 0.3 is 5.63 Å². The number of furan rings is 1. The molecule has 4 heteroatoms. The van der Waals surface area contributed by atoms with Crippen molar-refractivity contribution in [2.24, 2.45) is 0 Å². The standard InChI is InChI=1S/C21H20O4/c1-5-13(4)11-14(10-12(2)3)18-20-16(8-9-24-20)19(23)15-6-7-17(22)25-21(15)18/h5-11,14,23H,1H2,2-4H3/b13-11+/t14-/m1/s1. The molecule has 3 rings (SSSR count). The van der Waals surface area contributed by atoms with Gasteiger partial charge in [0.25, 0.3) is 0 Å². The largest absolute Gasteiger partial charge is 0.506 e. The van der Waals surface area contributed by atoms with E-state index in [4.69, 9.17) is 8.83 Å². The second kappa shape index (κ2) is 6.48. The second-order valence-electron chi connectivity index (χ2n) is 6.31. The summed E-state index contributed by atoms with van der Waals surface area (Å²) in [4.78, 5) is 11.8. The lowest BCUT2D eigenvalue weighted by Gasteiger charge is -2.14. The van der Waals surface area contributed by atoms with Gasteiger partial charge in [-0.2, -0.15) is 0 Å². The van der Waals surface area contributed by atoms with Crippen LogP contribution in [0.15, 0.2) is 74.0 Å². The molecule has 2 heterocycles. The van der Waals surface area contributed by atoms with E-state index in [2.05, 4.69) is 12.7 Å². The van der Waals surface area contributed by atoms with E-state index < -0.39 is 5.63 Å². The summed E-state index contributed by atoms with van der Waals surface area (Å²) in [6, 6.07) is 4.59. The Balaban J connectivity index is 2.49. The zero-order valence-electron chi connectivity index (χ0n) is 14.5. The summed E-state index contributed by atoms with van der Waals surface area (Å²) in [5.74, 6) is -0.142. The monoisotopic (exact) mass is 336 g/mol. The van der Waals surface area contributed by atoms with Crippen molar-refractivity contribution in [3.05, 3.63) is 76.4 Å². The molecule has 0 amide bonds. The number of aromatic hydroxyl groups is 1. The minimum Gasteiger partial charge on any atom is -0.506 e. The average Bonchev–Trinajstić information content (AvgIpc) is 3.03. The number of rotatable bonds is 4. The quantitative estimate of drug-likeness (QED) is 0.392. The Hall–Kier alpha value is -3.01. The van der Waals surface area contributed by atoms with E-state index in [9.17, 15) is 9.90 Å². The summed E-state index contributed by atoms with van der Waals surface area (Å²) in [5, 5.41) is 11.6. The van der Waals surface area contributed by atoms with E-state index in [1.165, 1.54) is 12.3 Å². The van der Waals surface area contributed by atoms with Gasteiger partial charge in [-0.15, -0.1) is 0 Å². The van der Waals surface area contributed by atoms with E-state index >= 15 is 0 Å². The second-order valence-corrected chi connectivity index (χ2v) is 6.31. The van der Waals surface area contributed by atoms with Crippen molar-refractivity contribution >= 4 is 21.9 Å². The van der Waals surface area contributed by atoms with Crippen LogP contribution in [-0.2, 0) is 0 Å². The minimum atomic E-state index is -0.473. The molecular formula is C21H20O4. The Morgan fingerprint density at radius 2 is 1.84 bits per heavy atom. The van der Waals surface area contributed by atoms with Gasteiger partial charge in [-0.3, -0.25) is 0 Å². The van der Waals surface area contributed by atoms with E-state index in [1.807, 2.05) is 26.8 Å². The van der Waals surface area contributed by atoms with Crippen LogP contribution in [0.25, 0.3) is 21.9 Å². The van der Waals surface area contributed by atoms with Gasteiger partial charge in [0.05, 0.1) is 17.0 Å². The SMILES string of the molecule is C=C/C(C)=C/[C@@H](C=C(C)C)c1c2occc2c(O)c2ccc(=O)oc12. The number of fused-ring (bicyclic) bond motifs is 2. The molecule has 0 bridgehead atoms. The van der Waals surface area contributed by atoms with Crippen LogP contribution in [0.1, 0.15) is 32.3 Å². The van der Waals surface area contributed by atoms with Crippen molar-refractivity contribution < 1.29 is 13.9 Å². The van der Waals surface area contributed by atoms with Gasteiger partial charge in [0.2, 0.25) is 0 Å². The van der Waals surface area contributed by atoms with Gasteiger partial charge < -0.3 is 13.9 Å². The molecule has 0 aliphatic rings. The van der Waals surface area contributed by atoms with Crippen LogP contribution in [0.5, 0.6) is 5.75 Å². The van der Waals surface area contributed by atoms with E-state index in [0.717, 1.165) is 11.1 Å². The molecule has 1 atom stereocenters. The summed E-state index contributed by atoms with van der Waals surface area (Å²) >= 11 is 0. The maximum atomic E-state index is 11.8. The normalized spacial score (nSPS) is 13.2. The minimum absolute atomic E-state index is 0.0478. The average molecular weight is 336 g/mol. The molecule has 0 aliphatic heterocycles. The van der Waals surface area contributed by atoms with Crippen LogP contribution < -0.4 is 5.63 Å². The molecule has 3 aromatic rings. The van der Waals surface area contributed by atoms with Gasteiger partial charge in [0.1, 0.15) is 16.9 Å². The predicted molar refractivity (Wildman–Crippen MR) is 100 cm³/mol. The number of hydrogen-bond acceptors (Lipinski definition) is 4. The maximum absolute atomic E-state index is 11.8. The van der Waals surface area contributed by atoms with Gasteiger partial charge in [-0.25, -0.2) is 4.79 Å². The first-order chi connectivity index (χ1) is 11.9. The smallest absolute Gasteiger partial charge is 0.336 e. The summed E-state index contributed by atoms with van der Waals surface area (Å²) in [6.07, 6.45) is 7.38. The highest BCUT2D eigenvalue weighted by molar-refractivity contribution is 6.04. The molecule has 2 aromatic heterocycles. The lowest BCUT2D eigenvalue weighted by atomic mass is 9.91. The van der Waals surface area contributed by atoms with E-state index in [-0.39, 0.29) is 11.7 Å². The zero-order valence-corrected chi connectivity index (χ0v) is 14.5. The highest BCUT2D eigenvalue weighted by Gasteiger charge is 2.22. The number of hydrogen-bond donors (Lipinski definition) is 1. The fourth-order valence-electron chi connectivity index (χ4n) is 2.98. The van der Waals surface area contributed by atoms with Crippen molar-refractivity contribution in [2.75, 3.05) is 0 Å². The summed E-state index contributed by atoms with van der Waals surface area (Å²) < 4.78 is 11.1. The highest BCUT2D eigenvalue weighted by Crippen LogP contribution is 2.42. The molecule has 0 aliphatic carbocycles. The molecule has 4 nitrogen and oxygen atoms in total. The molecule has 0 saturated heterocycles.